The lowest BCUT2D eigenvalue weighted by molar-refractivity contribution is 0.0935. The Morgan fingerprint density at radius 2 is 1.81 bits per heavy atom. The molecule has 0 aliphatic heterocycles. The maximum Gasteiger partial charge on any atom is 0.251 e. The number of sulfonamides is 1. The van der Waals surface area contributed by atoms with Crippen LogP contribution in [0.4, 0.5) is 0 Å². The fraction of sp³-hybridized carbons (Fsp3) is 0.444. The second-order valence-corrected chi connectivity index (χ2v) is 8.70. The van der Waals surface area contributed by atoms with E-state index in [2.05, 4.69) is 10.3 Å². The lowest BCUT2D eigenvalue weighted by Crippen LogP contribution is -2.31. The van der Waals surface area contributed by atoms with Gasteiger partial charge in [0.2, 0.25) is 10.0 Å². The zero-order valence-corrected chi connectivity index (χ0v) is 17.2. The molecule has 2 rings (SSSR count). The highest BCUT2D eigenvalue weighted by Crippen LogP contribution is 2.22. The second-order valence-electron chi connectivity index (χ2n) is 5.88. The molecule has 1 atom stereocenters. The van der Waals surface area contributed by atoms with E-state index >= 15 is 0 Å². The minimum Gasteiger partial charge on any atom is -0.343 e. The van der Waals surface area contributed by atoms with Crippen LogP contribution in [0.3, 0.4) is 0 Å². The zero-order chi connectivity index (χ0) is 19.3. The molecule has 1 unspecified atom stereocenters. The summed E-state index contributed by atoms with van der Waals surface area (Å²) in [6, 6.07) is 5.91. The van der Waals surface area contributed by atoms with Crippen LogP contribution in [0, 0.1) is 6.92 Å². The summed E-state index contributed by atoms with van der Waals surface area (Å²) in [6.45, 7) is 8.33. The van der Waals surface area contributed by atoms with Crippen molar-refractivity contribution in [2.45, 2.75) is 45.1 Å². The number of hydrogen-bond acceptors (Lipinski definition) is 5. The van der Waals surface area contributed by atoms with E-state index in [1.165, 1.54) is 27.8 Å². The molecule has 0 aliphatic carbocycles. The van der Waals surface area contributed by atoms with E-state index in [-0.39, 0.29) is 16.8 Å². The van der Waals surface area contributed by atoms with Crippen LogP contribution in [0.15, 0.2) is 34.5 Å². The molecule has 1 aromatic heterocycles. The fourth-order valence-electron chi connectivity index (χ4n) is 2.60. The highest BCUT2D eigenvalue weighted by atomic mass is 32.2. The normalized spacial score (nSPS) is 13.0. The largest absolute Gasteiger partial charge is 0.343 e. The molecule has 0 saturated carbocycles. The van der Waals surface area contributed by atoms with Crippen molar-refractivity contribution in [3.63, 3.8) is 0 Å². The van der Waals surface area contributed by atoms with Gasteiger partial charge in [-0.05, 0) is 37.6 Å². The quantitative estimate of drug-likeness (QED) is 0.743. The molecule has 2 aromatic rings. The number of nitrogens with zero attached hydrogens (tertiary/aromatic N) is 2. The molecule has 26 heavy (non-hydrogen) atoms. The van der Waals surface area contributed by atoms with Gasteiger partial charge in [0.1, 0.15) is 5.01 Å². The van der Waals surface area contributed by atoms with Gasteiger partial charge in [-0.2, -0.15) is 4.31 Å². The maximum absolute atomic E-state index is 12.5. The summed E-state index contributed by atoms with van der Waals surface area (Å²) in [5.41, 5.74) is 1.36. The molecule has 1 aromatic carbocycles. The van der Waals surface area contributed by atoms with Crippen molar-refractivity contribution >= 4 is 27.3 Å². The topological polar surface area (TPSA) is 79.4 Å². The number of carbonyl (C=O) groups is 1. The van der Waals surface area contributed by atoms with Crippen molar-refractivity contribution < 1.29 is 13.2 Å². The van der Waals surface area contributed by atoms with Gasteiger partial charge in [0.05, 0.1) is 10.9 Å². The molecule has 0 saturated heterocycles. The van der Waals surface area contributed by atoms with Crippen molar-refractivity contribution in [1.29, 1.82) is 0 Å². The molecule has 1 heterocycles. The smallest absolute Gasteiger partial charge is 0.251 e. The van der Waals surface area contributed by atoms with Crippen LogP contribution in [-0.2, 0) is 10.0 Å². The Balaban J connectivity index is 2.16. The summed E-state index contributed by atoms with van der Waals surface area (Å²) in [7, 11) is -3.52. The van der Waals surface area contributed by atoms with Crippen molar-refractivity contribution in [2.24, 2.45) is 0 Å². The third-order valence-electron chi connectivity index (χ3n) is 4.11. The van der Waals surface area contributed by atoms with Gasteiger partial charge in [0.15, 0.2) is 0 Å². The van der Waals surface area contributed by atoms with Gasteiger partial charge in [-0.1, -0.05) is 20.8 Å². The first-order valence-corrected chi connectivity index (χ1v) is 11.0. The van der Waals surface area contributed by atoms with Crippen LogP contribution in [0.2, 0.25) is 0 Å². The van der Waals surface area contributed by atoms with E-state index in [4.69, 9.17) is 0 Å². The summed E-state index contributed by atoms with van der Waals surface area (Å²) in [5, 5.41) is 5.79. The number of benzene rings is 1. The minimum atomic E-state index is -3.52. The number of nitrogens with one attached hydrogen (secondary N) is 1. The number of aryl methyl sites for hydroxylation is 1. The lowest BCUT2D eigenvalue weighted by Gasteiger charge is -2.18. The molecule has 1 amide bonds. The predicted octanol–water partition coefficient (Wildman–Crippen LogP) is 3.36. The summed E-state index contributed by atoms with van der Waals surface area (Å²) in [4.78, 5) is 17.1. The highest BCUT2D eigenvalue weighted by molar-refractivity contribution is 7.89. The first kappa shape index (κ1) is 20.5. The molecule has 0 spiro atoms. The summed E-state index contributed by atoms with van der Waals surface area (Å²) in [6.07, 6.45) is 0.729. The monoisotopic (exact) mass is 395 g/mol. The van der Waals surface area contributed by atoms with E-state index in [0.717, 1.165) is 17.1 Å². The number of aromatic nitrogens is 1. The fourth-order valence-corrected chi connectivity index (χ4v) is 4.99. The zero-order valence-electron chi connectivity index (χ0n) is 15.5. The van der Waals surface area contributed by atoms with Crippen LogP contribution in [0.5, 0.6) is 0 Å². The molecule has 0 radical (unpaired) electrons. The number of amides is 1. The minimum absolute atomic E-state index is 0.153. The van der Waals surface area contributed by atoms with Crippen LogP contribution in [0.1, 0.15) is 54.3 Å². The maximum atomic E-state index is 12.5. The number of hydrogen-bond donors (Lipinski definition) is 1. The lowest BCUT2D eigenvalue weighted by atomic mass is 10.1. The summed E-state index contributed by atoms with van der Waals surface area (Å²) in [5.74, 6) is -0.239. The number of thiazole rings is 1. The molecule has 8 heteroatoms. The third-order valence-corrected chi connectivity index (χ3v) is 7.25. The Hall–Kier alpha value is -1.77. The van der Waals surface area contributed by atoms with Crippen LogP contribution >= 0.6 is 11.3 Å². The van der Waals surface area contributed by atoms with Gasteiger partial charge in [-0.25, -0.2) is 13.4 Å². The first-order chi connectivity index (χ1) is 12.3. The van der Waals surface area contributed by atoms with Crippen molar-refractivity contribution in [3.8, 4) is 0 Å². The van der Waals surface area contributed by atoms with E-state index in [0.29, 0.717) is 18.7 Å². The Kier molecular flexibility index (Phi) is 6.91. The third kappa shape index (κ3) is 4.49. The van der Waals surface area contributed by atoms with E-state index in [9.17, 15) is 13.2 Å². The van der Waals surface area contributed by atoms with Gasteiger partial charge in [-0.3, -0.25) is 4.79 Å². The average molecular weight is 396 g/mol. The highest BCUT2D eigenvalue weighted by Gasteiger charge is 2.22. The molecule has 142 valence electrons. The van der Waals surface area contributed by atoms with Crippen LogP contribution < -0.4 is 5.32 Å². The molecule has 0 aliphatic rings. The van der Waals surface area contributed by atoms with Crippen molar-refractivity contribution in [2.75, 3.05) is 13.1 Å². The van der Waals surface area contributed by atoms with E-state index < -0.39 is 10.0 Å². The first-order valence-electron chi connectivity index (χ1n) is 8.66. The van der Waals surface area contributed by atoms with E-state index in [1.54, 1.807) is 26.0 Å². The van der Waals surface area contributed by atoms with Gasteiger partial charge >= 0.3 is 0 Å². The molecule has 0 fully saturated rings. The summed E-state index contributed by atoms with van der Waals surface area (Å²) < 4.78 is 26.4. The molecular weight excluding hydrogens is 370 g/mol. The van der Waals surface area contributed by atoms with Crippen molar-refractivity contribution in [1.82, 2.24) is 14.6 Å². The van der Waals surface area contributed by atoms with Gasteiger partial charge in [0, 0.05) is 29.7 Å². The standard InChI is InChI=1S/C18H25N3O3S2/c1-5-16(18-19-13(4)12-25-18)20-17(22)14-8-10-15(11-9-14)26(23,24)21(6-2)7-3/h8-12,16H,5-7H2,1-4H3,(H,20,22). The number of rotatable bonds is 8. The Morgan fingerprint density at radius 1 is 1.19 bits per heavy atom. The average Bonchev–Trinajstić information content (AvgIpc) is 3.06. The molecule has 1 N–H and O–H groups in total. The Labute approximate surface area is 159 Å². The number of carbonyl (C=O) groups excluding carboxylic acids is 1. The summed E-state index contributed by atoms with van der Waals surface area (Å²) >= 11 is 1.52. The molecule has 6 nitrogen and oxygen atoms in total. The Morgan fingerprint density at radius 3 is 2.27 bits per heavy atom. The predicted molar refractivity (Wildman–Crippen MR) is 104 cm³/mol. The second kappa shape index (κ2) is 8.75. The molecular formula is C18H25N3O3S2. The van der Waals surface area contributed by atoms with Gasteiger partial charge < -0.3 is 5.32 Å². The van der Waals surface area contributed by atoms with Crippen LogP contribution in [0.25, 0.3) is 0 Å². The van der Waals surface area contributed by atoms with Gasteiger partial charge in [0.25, 0.3) is 5.91 Å². The molecule has 0 bridgehead atoms. The van der Waals surface area contributed by atoms with E-state index in [1.807, 2.05) is 19.2 Å². The van der Waals surface area contributed by atoms with Crippen molar-refractivity contribution in [3.05, 3.63) is 45.9 Å². The van der Waals surface area contributed by atoms with Gasteiger partial charge in [-0.15, -0.1) is 11.3 Å². The SMILES string of the molecule is CCC(NC(=O)c1ccc(S(=O)(=O)N(CC)CC)cc1)c1nc(C)cs1. The Bertz CT molecular complexity index is 841. The van der Waals surface area contributed by atoms with Crippen LogP contribution in [-0.4, -0.2) is 36.7 Å².